The number of benzene rings is 1. The van der Waals surface area contributed by atoms with Gasteiger partial charge >= 0.3 is 0 Å². The molecule has 0 bridgehead atoms. The van der Waals surface area contributed by atoms with Crippen LogP contribution in [0.2, 0.25) is 0 Å². The average Bonchev–Trinajstić information content (AvgIpc) is 3.49. The Bertz CT molecular complexity index is 1130. The third-order valence-corrected chi connectivity index (χ3v) is 7.68. The van der Waals surface area contributed by atoms with Gasteiger partial charge in [-0.25, -0.2) is 0 Å². The number of carbonyl (C=O) groups is 3. The van der Waals surface area contributed by atoms with Crippen molar-refractivity contribution in [2.24, 2.45) is 22.7 Å². The first-order valence-electron chi connectivity index (χ1n) is 12.0. The van der Waals surface area contributed by atoms with Gasteiger partial charge in [-0.15, -0.1) is 0 Å². The molecular weight excluding hydrogens is 434 g/mol. The van der Waals surface area contributed by atoms with E-state index in [1.165, 1.54) is 0 Å². The highest BCUT2D eigenvalue weighted by molar-refractivity contribution is 6.02. The van der Waals surface area contributed by atoms with E-state index in [0.717, 1.165) is 30.2 Å². The molecule has 5 atom stereocenters. The Morgan fingerprint density at radius 1 is 1.32 bits per heavy atom. The minimum absolute atomic E-state index is 0.0225. The number of amides is 3. The van der Waals surface area contributed by atoms with Gasteiger partial charge < -0.3 is 25.3 Å². The van der Waals surface area contributed by atoms with E-state index in [2.05, 4.69) is 27.3 Å². The van der Waals surface area contributed by atoms with Gasteiger partial charge in [0.15, 0.2) is 0 Å². The molecular formula is C25H31N5O4. The molecule has 3 heterocycles. The SMILES string of the molecule is C=NC[C@H](C[C@@H]1CCNC1=O)NC(=O)[C@@H]1[C@H]2CC[C@H]2CN1C(=O)c1cc2c(OC)cccc2[nH]1. The lowest BCUT2D eigenvalue weighted by Crippen LogP contribution is -2.52. The molecule has 180 valence electrons. The molecule has 3 N–H and O–H groups in total. The maximum Gasteiger partial charge on any atom is 0.271 e. The van der Waals surface area contributed by atoms with E-state index >= 15 is 0 Å². The van der Waals surface area contributed by atoms with Crippen LogP contribution in [0.25, 0.3) is 10.9 Å². The van der Waals surface area contributed by atoms with Crippen LogP contribution < -0.4 is 15.4 Å². The first-order valence-corrected chi connectivity index (χ1v) is 12.0. The zero-order chi connectivity index (χ0) is 23.8. The number of hydrogen-bond donors (Lipinski definition) is 3. The number of aromatic nitrogens is 1. The lowest BCUT2D eigenvalue weighted by atomic mass is 9.73. The number of H-pyrrole nitrogens is 1. The lowest BCUT2D eigenvalue weighted by Gasteiger charge is -2.33. The van der Waals surface area contributed by atoms with E-state index in [1.807, 2.05) is 18.2 Å². The molecule has 1 aromatic carbocycles. The number of hydrogen-bond acceptors (Lipinski definition) is 5. The first kappa shape index (κ1) is 22.4. The molecule has 1 aromatic heterocycles. The lowest BCUT2D eigenvalue weighted by molar-refractivity contribution is -0.128. The number of methoxy groups -OCH3 is 1. The first-order chi connectivity index (χ1) is 16.5. The van der Waals surface area contributed by atoms with Crippen molar-refractivity contribution in [1.82, 2.24) is 20.5 Å². The van der Waals surface area contributed by atoms with Gasteiger partial charge in [0.2, 0.25) is 11.8 Å². The van der Waals surface area contributed by atoms with Crippen LogP contribution in [0.1, 0.15) is 36.2 Å². The van der Waals surface area contributed by atoms with E-state index in [-0.39, 0.29) is 35.6 Å². The second-order valence-electron chi connectivity index (χ2n) is 9.63. The molecule has 34 heavy (non-hydrogen) atoms. The Balaban J connectivity index is 1.35. The Labute approximate surface area is 198 Å². The van der Waals surface area contributed by atoms with Crippen LogP contribution in [0.5, 0.6) is 5.75 Å². The van der Waals surface area contributed by atoms with Crippen LogP contribution in [0.15, 0.2) is 29.3 Å². The zero-order valence-corrected chi connectivity index (χ0v) is 19.4. The Morgan fingerprint density at radius 3 is 2.85 bits per heavy atom. The molecule has 2 saturated heterocycles. The van der Waals surface area contributed by atoms with Crippen LogP contribution in [0.4, 0.5) is 0 Å². The molecule has 3 amide bonds. The molecule has 5 rings (SSSR count). The second kappa shape index (κ2) is 9.12. The molecule has 9 heteroatoms. The van der Waals surface area contributed by atoms with Gasteiger partial charge in [0.1, 0.15) is 17.5 Å². The van der Waals surface area contributed by atoms with E-state index < -0.39 is 6.04 Å². The van der Waals surface area contributed by atoms with Crippen molar-refractivity contribution in [2.75, 3.05) is 26.7 Å². The Hall–Kier alpha value is -3.36. The van der Waals surface area contributed by atoms with Crippen molar-refractivity contribution < 1.29 is 19.1 Å². The van der Waals surface area contributed by atoms with Gasteiger partial charge in [-0.3, -0.25) is 19.4 Å². The second-order valence-corrected chi connectivity index (χ2v) is 9.63. The van der Waals surface area contributed by atoms with Crippen molar-refractivity contribution in [1.29, 1.82) is 0 Å². The molecule has 3 aliphatic rings. The van der Waals surface area contributed by atoms with E-state index in [9.17, 15) is 14.4 Å². The van der Waals surface area contributed by atoms with Crippen LogP contribution >= 0.6 is 0 Å². The van der Waals surface area contributed by atoms with Gasteiger partial charge in [0, 0.05) is 36.0 Å². The number of aliphatic imine (C=N–C) groups is 1. The summed E-state index contributed by atoms with van der Waals surface area (Å²) in [5.74, 6) is 0.743. The third kappa shape index (κ3) is 3.93. The van der Waals surface area contributed by atoms with E-state index in [1.54, 1.807) is 18.1 Å². The van der Waals surface area contributed by atoms with Gasteiger partial charge in [-0.2, -0.15) is 0 Å². The maximum absolute atomic E-state index is 13.6. The fraction of sp³-hybridized carbons (Fsp3) is 0.520. The number of rotatable bonds is 8. The monoisotopic (exact) mass is 465 g/mol. The van der Waals surface area contributed by atoms with Crippen LogP contribution in [0.3, 0.4) is 0 Å². The number of nitrogens with zero attached hydrogens (tertiary/aromatic N) is 2. The molecule has 3 fully saturated rings. The largest absolute Gasteiger partial charge is 0.496 e. The molecule has 1 saturated carbocycles. The highest BCUT2D eigenvalue weighted by Crippen LogP contribution is 2.45. The normalized spacial score (nSPS) is 26.5. The van der Waals surface area contributed by atoms with Crippen LogP contribution in [-0.2, 0) is 9.59 Å². The number of aromatic amines is 1. The predicted octanol–water partition coefficient (Wildman–Crippen LogP) is 1.74. The summed E-state index contributed by atoms with van der Waals surface area (Å²) in [5, 5.41) is 6.78. The summed E-state index contributed by atoms with van der Waals surface area (Å²) in [6.45, 7) is 5.15. The van der Waals surface area contributed by atoms with Crippen molar-refractivity contribution in [2.45, 2.75) is 37.8 Å². The molecule has 0 unspecified atom stereocenters. The summed E-state index contributed by atoms with van der Waals surface area (Å²) in [6.07, 6.45) is 3.24. The summed E-state index contributed by atoms with van der Waals surface area (Å²) in [7, 11) is 1.60. The summed E-state index contributed by atoms with van der Waals surface area (Å²) in [5.41, 5.74) is 1.27. The van der Waals surface area contributed by atoms with Crippen LogP contribution in [-0.4, -0.2) is 73.2 Å². The van der Waals surface area contributed by atoms with Gasteiger partial charge in [0.25, 0.3) is 5.91 Å². The predicted molar refractivity (Wildman–Crippen MR) is 128 cm³/mol. The molecule has 2 aliphatic heterocycles. The fourth-order valence-corrected chi connectivity index (χ4v) is 5.79. The summed E-state index contributed by atoms with van der Waals surface area (Å²) >= 11 is 0. The maximum atomic E-state index is 13.6. The van der Waals surface area contributed by atoms with Gasteiger partial charge in [0.05, 0.1) is 13.7 Å². The molecule has 0 spiro atoms. The zero-order valence-electron chi connectivity index (χ0n) is 19.4. The van der Waals surface area contributed by atoms with E-state index in [4.69, 9.17) is 4.74 Å². The Morgan fingerprint density at radius 2 is 2.18 bits per heavy atom. The molecule has 1 aliphatic carbocycles. The third-order valence-electron chi connectivity index (χ3n) is 7.68. The topological polar surface area (TPSA) is 116 Å². The Kier molecular flexibility index (Phi) is 6.02. The number of nitrogens with one attached hydrogen (secondary N) is 3. The fourth-order valence-electron chi connectivity index (χ4n) is 5.79. The summed E-state index contributed by atoms with van der Waals surface area (Å²) in [4.78, 5) is 48.0. The standard InChI is InChI=1S/C25H31N5O4/c1-26-12-16(10-14-8-9-27-23(14)31)28-24(32)22-17-7-6-15(17)13-30(22)25(33)20-11-18-19(29-20)4-3-5-21(18)34-2/h3-5,11,14-17,22,29H,1,6-10,12-13H2,2H3,(H,27,31)(H,28,32)/t14-,15-,16-,17-,22-/m0/s1. The van der Waals surface area contributed by atoms with Crippen molar-refractivity contribution in [3.8, 4) is 5.75 Å². The average molecular weight is 466 g/mol. The van der Waals surface area contributed by atoms with Crippen molar-refractivity contribution in [3.05, 3.63) is 30.0 Å². The highest BCUT2D eigenvalue weighted by Gasteiger charge is 2.52. The van der Waals surface area contributed by atoms with Crippen LogP contribution in [0, 0.1) is 17.8 Å². The van der Waals surface area contributed by atoms with E-state index in [0.29, 0.717) is 43.4 Å². The summed E-state index contributed by atoms with van der Waals surface area (Å²) < 4.78 is 5.43. The number of carbonyl (C=O) groups excluding carboxylic acids is 3. The summed E-state index contributed by atoms with van der Waals surface area (Å²) in [6, 6.07) is 6.62. The van der Waals surface area contributed by atoms with Crippen molar-refractivity contribution in [3.63, 3.8) is 0 Å². The quantitative estimate of drug-likeness (QED) is 0.515. The smallest absolute Gasteiger partial charge is 0.271 e. The number of ether oxygens (including phenoxy) is 1. The minimum atomic E-state index is -0.524. The molecule has 9 nitrogen and oxygen atoms in total. The van der Waals surface area contributed by atoms with Crippen molar-refractivity contribution >= 4 is 35.3 Å². The molecule has 2 aromatic rings. The molecule has 0 radical (unpaired) electrons. The number of fused-ring (bicyclic) bond motifs is 2. The number of likely N-dealkylation sites (tertiary alicyclic amines) is 1. The van der Waals surface area contributed by atoms with Gasteiger partial charge in [-0.1, -0.05) is 6.07 Å². The van der Waals surface area contributed by atoms with Gasteiger partial charge in [-0.05, 0) is 62.4 Å². The minimum Gasteiger partial charge on any atom is -0.496 e. The highest BCUT2D eigenvalue weighted by atomic mass is 16.5.